The summed E-state index contributed by atoms with van der Waals surface area (Å²) in [4.78, 5) is 13.7. The summed E-state index contributed by atoms with van der Waals surface area (Å²) in [6, 6.07) is 8.09. The third kappa shape index (κ3) is 2.88. The fourth-order valence-electron chi connectivity index (χ4n) is 1.73. The van der Waals surface area contributed by atoms with E-state index in [0.717, 1.165) is 0 Å². The number of carbonyl (C=O) groups excluding carboxylic acids is 1. The van der Waals surface area contributed by atoms with Crippen LogP contribution in [-0.4, -0.2) is 30.1 Å². The highest BCUT2D eigenvalue weighted by Gasteiger charge is 2.17. The van der Waals surface area contributed by atoms with Crippen LogP contribution in [0.2, 0.25) is 0 Å². The fraction of sp³-hybridized carbons (Fsp3) is 0.214. The Morgan fingerprint density at radius 3 is 2.84 bits per heavy atom. The van der Waals surface area contributed by atoms with Crippen LogP contribution in [0.15, 0.2) is 41.0 Å². The molecule has 1 aromatic heterocycles. The molecule has 5 nitrogen and oxygen atoms in total. The van der Waals surface area contributed by atoms with Crippen molar-refractivity contribution in [1.82, 2.24) is 4.90 Å². The lowest BCUT2D eigenvalue weighted by Gasteiger charge is -2.16. The van der Waals surface area contributed by atoms with Gasteiger partial charge in [0.25, 0.3) is 5.91 Å². The quantitative estimate of drug-likeness (QED) is 0.917. The van der Waals surface area contributed by atoms with Crippen LogP contribution in [0.4, 0.5) is 0 Å². The largest absolute Gasteiger partial charge is 0.507 e. The van der Waals surface area contributed by atoms with E-state index < -0.39 is 0 Å². The van der Waals surface area contributed by atoms with Gasteiger partial charge in [-0.15, -0.1) is 0 Å². The van der Waals surface area contributed by atoms with Crippen LogP contribution in [0, 0.1) is 0 Å². The van der Waals surface area contributed by atoms with Gasteiger partial charge in [-0.2, -0.15) is 0 Å². The van der Waals surface area contributed by atoms with Crippen molar-refractivity contribution in [3.8, 4) is 11.5 Å². The van der Waals surface area contributed by atoms with Crippen molar-refractivity contribution in [2.45, 2.75) is 6.54 Å². The maximum absolute atomic E-state index is 12.2. The lowest BCUT2D eigenvalue weighted by Crippen LogP contribution is -2.26. The number of phenols is 1. The van der Waals surface area contributed by atoms with Crippen LogP contribution >= 0.6 is 0 Å². The zero-order valence-electron chi connectivity index (χ0n) is 10.8. The normalized spacial score (nSPS) is 10.2. The molecule has 0 saturated heterocycles. The summed E-state index contributed by atoms with van der Waals surface area (Å²) in [6.45, 7) is 0.336. The maximum atomic E-state index is 12.2. The van der Waals surface area contributed by atoms with Crippen molar-refractivity contribution in [2.75, 3.05) is 14.2 Å². The molecule has 0 fully saturated rings. The lowest BCUT2D eigenvalue weighted by atomic mass is 10.1. The second-order valence-corrected chi connectivity index (χ2v) is 4.12. The minimum absolute atomic E-state index is 0.0721. The summed E-state index contributed by atoms with van der Waals surface area (Å²) in [6.07, 6.45) is 1.55. The number of phenolic OH excluding ortho intramolecular Hbond substituents is 1. The van der Waals surface area contributed by atoms with Gasteiger partial charge in [0, 0.05) is 7.05 Å². The van der Waals surface area contributed by atoms with E-state index in [-0.39, 0.29) is 17.2 Å². The number of ether oxygens (including phenoxy) is 1. The number of benzene rings is 1. The topological polar surface area (TPSA) is 62.9 Å². The molecule has 0 aliphatic heterocycles. The zero-order valence-corrected chi connectivity index (χ0v) is 10.8. The Morgan fingerprint density at radius 2 is 2.21 bits per heavy atom. The Morgan fingerprint density at radius 1 is 1.42 bits per heavy atom. The van der Waals surface area contributed by atoms with E-state index in [1.54, 1.807) is 31.5 Å². The number of carbonyl (C=O) groups is 1. The molecule has 100 valence electrons. The highest BCUT2D eigenvalue weighted by Crippen LogP contribution is 2.24. The lowest BCUT2D eigenvalue weighted by molar-refractivity contribution is 0.0772. The van der Waals surface area contributed by atoms with Gasteiger partial charge in [0.1, 0.15) is 17.3 Å². The van der Waals surface area contributed by atoms with Crippen LogP contribution in [-0.2, 0) is 6.54 Å². The second-order valence-electron chi connectivity index (χ2n) is 4.12. The Balaban J connectivity index is 2.18. The van der Waals surface area contributed by atoms with Crippen LogP contribution < -0.4 is 4.74 Å². The summed E-state index contributed by atoms with van der Waals surface area (Å²) < 4.78 is 10.2. The monoisotopic (exact) mass is 261 g/mol. The van der Waals surface area contributed by atoms with Gasteiger partial charge in [-0.1, -0.05) is 0 Å². The number of methoxy groups -OCH3 is 1. The molecule has 0 bridgehead atoms. The molecule has 1 heterocycles. The molecular formula is C14H15NO4. The molecule has 5 heteroatoms. The molecule has 1 aromatic carbocycles. The van der Waals surface area contributed by atoms with Crippen LogP contribution in [0.25, 0.3) is 0 Å². The van der Waals surface area contributed by atoms with Crippen molar-refractivity contribution in [3.63, 3.8) is 0 Å². The van der Waals surface area contributed by atoms with Crippen LogP contribution in [0.3, 0.4) is 0 Å². The summed E-state index contributed by atoms with van der Waals surface area (Å²) in [5.74, 6) is 0.829. The van der Waals surface area contributed by atoms with Gasteiger partial charge in [-0.05, 0) is 30.3 Å². The van der Waals surface area contributed by atoms with Gasteiger partial charge in [0.2, 0.25) is 0 Å². The molecule has 0 spiro atoms. The minimum Gasteiger partial charge on any atom is -0.507 e. The van der Waals surface area contributed by atoms with Gasteiger partial charge in [-0.25, -0.2) is 0 Å². The van der Waals surface area contributed by atoms with Gasteiger partial charge in [-0.3, -0.25) is 4.79 Å². The van der Waals surface area contributed by atoms with Gasteiger partial charge < -0.3 is 19.2 Å². The first-order chi connectivity index (χ1) is 9.11. The third-order valence-electron chi connectivity index (χ3n) is 2.75. The number of aromatic hydroxyl groups is 1. The molecule has 0 unspecified atom stereocenters. The SMILES string of the molecule is COc1ccc(O)c(C(=O)N(C)Cc2ccco2)c1. The number of rotatable bonds is 4. The van der Waals surface area contributed by atoms with E-state index in [4.69, 9.17) is 9.15 Å². The van der Waals surface area contributed by atoms with E-state index >= 15 is 0 Å². The smallest absolute Gasteiger partial charge is 0.257 e. The number of hydrogen-bond acceptors (Lipinski definition) is 4. The van der Waals surface area contributed by atoms with E-state index in [0.29, 0.717) is 18.1 Å². The number of amides is 1. The second kappa shape index (κ2) is 5.48. The summed E-state index contributed by atoms with van der Waals surface area (Å²) in [7, 11) is 3.15. The Hall–Kier alpha value is -2.43. The first kappa shape index (κ1) is 13.0. The molecular weight excluding hydrogens is 246 g/mol. The predicted molar refractivity (Wildman–Crippen MR) is 69.2 cm³/mol. The molecule has 0 saturated carbocycles. The van der Waals surface area contributed by atoms with Crippen molar-refractivity contribution in [1.29, 1.82) is 0 Å². The summed E-state index contributed by atoms with van der Waals surface area (Å²) in [5, 5.41) is 9.75. The molecule has 0 atom stereocenters. The average molecular weight is 261 g/mol. The molecule has 1 N–H and O–H groups in total. The number of furan rings is 1. The first-order valence-corrected chi connectivity index (χ1v) is 5.76. The van der Waals surface area contributed by atoms with E-state index in [9.17, 15) is 9.90 Å². The van der Waals surface area contributed by atoms with Crippen LogP contribution in [0.5, 0.6) is 11.5 Å². The van der Waals surface area contributed by atoms with Gasteiger partial charge in [0.05, 0.1) is 25.5 Å². The fourth-order valence-corrected chi connectivity index (χ4v) is 1.73. The van der Waals surface area contributed by atoms with Crippen molar-refractivity contribution in [3.05, 3.63) is 47.9 Å². The maximum Gasteiger partial charge on any atom is 0.257 e. The molecule has 0 radical (unpaired) electrons. The minimum atomic E-state index is -0.298. The van der Waals surface area contributed by atoms with Crippen molar-refractivity contribution < 1.29 is 19.1 Å². The van der Waals surface area contributed by atoms with Crippen molar-refractivity contribution >= 4 is 5.91 Å². The van der Waals surface area contributed by atoms with Crippen molar-refractivity contribution in [2.24, 2.45) is 0 Å². The van der Waals surface area contributed by atoms with E-state index in [1.165, 1.54) is 24.1 Å². The van der Waals surface area contributed by atoms with Gasteiger partial charge in [0.15, 0.2) is 0 Å². The average Bonchev–Trinajstić information content (AvgIpc) is 2.91. The molecule has 2 aromatic rings. The standard InChI is InChI=1S/C14H15NO4/c1-15(9-11-4-3-7-19-11)14(17)12-8-10(18-2)5-6-13(12)16/h3-8,16H,9H2,1-2H3. The first-order valence-electron chi connectivity index (χ1n) is 5.76. The Kier molecular flexibility index (Phi) is 3.75. The predicted octanol–water partition coefficient (Wildman–Crippen LogP) is 2.27. The van der Waals surface area contributed by atoms with Crippen LogP contribution in [0.1, 0.15) is 16.1 Å². The van der Waals surface area contributed by atoms with E-state index in [1.807, 2.05) is 0 Å². The molecule has 0 aliphatic carbocycles. The van der Waals surface area contributed by atoms with Gasteiger partial charge >= 0.3 is 0 Å². The summed E-state index contributed by atoms with van der Waals surface area (Å²) >= 11 is 0. The third-order valence-corrected chi connectivity index (χ3v) is 2.75. The summed E-state index contributed by atoms with van der Waals surface area (Å²) in [5.41, 5.74) is 0.202. The molecule has 19 heavy (non-hydrogen) atoms. The highest BCUT2D eigenvalue weighted by atomic mass is 16.5. The zero-order chi connectivity index (χ0) is 13.8. The Bertz CT molecular complexity index is 563. The molecule has 1 amide bonds. The number of nitrogens with zero attached hydrogens (tertiary/aromatic N) is 1. The van der Waals surface area contributed by atoms with E-state index in [2.05, 4.69) is 0 Å². The Labute approximate surface area is 111 Å². The number of hydrogen-bond donors (Lipinski definition) is 1. The molecule has 0 aliphatic rings. The molecule has 2 rings (SSSR count). The highest BCUT2D eigenvalue weighted by molar-refractivity contribution is 5.97.